The highest BCUT2D eigenvalue weighted by Crippen LogP contribution is 2.41. The average molecular weight is 327 g/mol. The van der Waals surface area contributed by atoms with Crippen LogP contribution >= 0.6 is 0 Å². The number of rotatable bonds is 3. The Labute approximate surface area is 150 Å². The average Bonchev–Trinajstić information content (AvgIpc) is 2.92. The molecule has 0 N–H and O–H groups in total. The fourth-order valence-corrected chi connectivity index (χ4v) is 4.06. The fourth-order valence-electron chi connectivity index (χ4n) is 4.06. The smallest absolute Gasteiger partial charge is 0.0789 e. The Morgan fingerprint density at radius 1 is 0.880 bits per heavy atom. The summed E-state index contributed by atoms with van der Waals surface area (Å²) >= 11 is 0. The molecule has 0 radical (unpaired) electrons. The molecule has 0 bridgehead atoms. The molecular weight excluding hydrogens is 302 g/mol. The maximum Gasteiger partial charge on any atom is 0.0789 e. The Bertz CT molecular complexity index is 1000. The van der Waals surface area contributed by atoms with Gasteiger partial charge in [-0.25, -0.2) is 4.99 Å². The predicted octanol–water partition coefficient (Wildman–Crippen LogP) is 6.45. The first-order chi connectivity index (χ1) is 11.9. The molecule has 25 heavy (non-hydrogen) atoms. The van der Waals surface area contributed by atoms with Crippen molar-refractivity contribution in [1.29, 1.82) is 0 Å². The number of nitrogens with zero attached hydrogens (tertiary/aromatic N) is 1. The normalized spacial score (nSPS) is 13.0. The van der Waals surface area contributed by atoms with E-state index in [1.165, 1.54) is 44.2 Å². The summed E-state index contributed by atoms with van der Waals surface area (Å²) in [6, 6.07) is 15.8. The topological polar surface area (TPSA) is 12.4 Å². The molecule has 1 aliphatic heterocycles. The van der Waals surface area contributed by atoms with Crippen LogP contribution in [0.3, 0.4) is 0 Å². The van der Waals surface area contributed by atoms with E-state index >= 15 is 0 Å². The van der Waals surface area contributed by atoms with Crippen molar-refractivity contribution < 1.29 is 0 Å². The zero-order valence-electron chi connectivity index (χ0n) is 15.8. The summed E-state index contributed by atoms with van der Waals surface area (Å²) in [5.74, 6) is 0.652. The summed E-state index contributed by atoms with van der Waals surface area (Å²) in [6.07, 6.45) is 1.11. The van der Waals surface area contributed by atoms with Crippen LogP contribution in [-0.4, -0.2) is 5.71 Å². The predicted molar refractivity (Wildman–Crippen MR) is 108 cm³/mol. The summed E-state index contributed by atoms with van der Waals surface area (Å²) in [4.78, 5) is 5.09. The lowest BCUT2D eigenvalue weighted by Crippen LogP contribution is -2.03. The van der Waals surface area contributed by atoms with Crippen molar-refractivity contribution in [2.24, 2.45) is 10.9 Å². The summed E-state index contributed by atoms with van der Waals surface area (Å²) in [5, 5.41) is 2.71. The Morgan fingerprint density at radius 3 is 2.28 bits per heavy atom. The van der Waals surface area contributed by atoms with Gasteiger partial charge in [0.05, 0.1) is 11.4 Å². The molecular formula is C24H25N. The molecule has 1 nitrogen and oxygen atoms in total. The van der Waals surface area contributed by atoms with Crippen LogP contribution < -0.4 is 0 Å². The minimum absolute atomic E-state index is 0.652. The van der Waals surface area contributed by atoms with E-state index in [9.17, 15) is 0 Å². The Kier molecular flexibility index (Phi) is 3.76. The lowest BCUT2D eigenvalue weighted by Gasteiger charge is -2.12. The maximum atomic E-state index is 5.09. The number of aryl methyl sites for hydroxylation is 3. The van der Waals surface area contributed by atoms with Crippen molar-refractivity contribution in [3.63, 3.8) is 0 Å². The third-order valence-electron chi connectivity index (χ3n) is 5.05. The Balaban J connectivity index is 1.97. The molecule has 0 fully saturated rings. The molecule has 126 valence electrons. The second-order valence-electron chi connectivity index (χ2n) is 7.86. The van der Waals surface area contributed by atoms with Crippen LogP contribution in [0, 0.1) is 26.7 Å². The highest BCUT2D eigenvalue weighted by molar-refractivity contribution is 6.27. The first-order valence-corrected chi connectivity index (χ1v) is 9.17. The van der Waals surface area contributed by atoms with E-state index in [1.807, 2.05) is 0 Å². The van der Waals surface area contributed by atoms with Crippen LogP contribution in [0.15, 0.2) is 47.5 Å². The van der Waals surface area contributed by atoms with Crippen molar-refractivity contribution in [2.45, 2.75) is 41.0 Å². The highest BCUT2D eigenvalue weighted by Gasteiger charge is 2.23. The molecule has 0 saturated heterocycles. The van der Waals surface area contributed by atoms with Gasteiger partial charge in [-0.05, 0) is 61.8 Å². The van der Waals surface area contributed by atoms with E-state index < -0.39 is 0 Å². The van der Waals surface area contributed by atoms with Crippen molar-refractivity contribution in [2.75, 3.05) is 0 Å². The van der Waals surface area contributed by atoms with Gasteiger partial charge in [-0.1, -0.05) is 55.3 Å². The van der Waals surface area contributed by atoms with Gasteiger partial charge in [-0.3, -0.25) is 0 Å². The largest absolute Gasteiger partial charge is 0.247 e. The molecule has 1 heterocycles. The molecule has 4 rings (SSSR count). The van der Waals surface area contributed by atoms with Gasteiger partial charge in [0, 0.05) is 16.5 Å². The zero-order chi connectivity index (χ0) is 17.7. The van der Waals surface area contributed by atoms with Crippen LogP contribution in [0.2, 0.25) is 0 Å². The standard InChI is InChI=1S/C24H25N/c1-14(2)10-18-7-9-21-22-20(18)8-6-17(5)23(22)25-24(21)19-12-15(3)11-16(4)13-19/h6-9,11-14H,10H2,1-5H3. The van der Waals surface area contributed by atoms with Gasteiger partial charge in [0.1, 0.15) is 0 Å². The first kappa shape index (κ1) is 16.1. The molecule has 0 spiro atoms. The lowest BCUT2D eigenvalue weighted by molar-refractivity contribution is 0.650. The van der Waals surface area contributed by atoms with Gasteiger partial charge in [0.25, 0.3) is 0 Å². The molecule has 3 aromatic carbocycles. The molecule has 3 aromatic rings. The lowest BCUT2D eigenvalue weighted by atomic mass is 9.90. The van der Waals surface area contributed by atoms with E-state index in [-0.39, 0.29) is 0 Å². The minimum Gasteiger partial charge on any atom is -0.247 e. The second-order valence-corrected chi connectivity index (χ2v) is 7.86. The summed E-state index contributed by atoms with van der Waals surface area (Å²) in [6.45, 7) is 11.1. The summed E-state index contributed by atoms with van der Waals surface area (Å²) < 4.78 is 0. The van der Waals surface area contributed by atoms with Gasteiger partial charge < -0.3 is 0 Å². The molecule has 1 heteroatoms. The molecule has 0 aromatic heterocycles. The van der Waals surface area contributed by atoms with E-state index in [0.29, 0.717) is 5.92 Å². The monoisotopic (exact) mass is 327 g/mol. The van der Waals surface area contributed by atoms with Gasteiger partial charge in [0.2, 0.25) is 0 Å². The van der Waals surface area contributed by atoms with E-state index in [1.54, 1.807) is 0 Å². The number of hydrogen-bond donors (Lipinski definition) is 0. The van der Waals surface area contributed by atoms with Crippen molar-refractivity contribution in [3.8, 4) is 0 Å². The van der Waals surface area contributed by atoms with E-state index in [2.05, 4.69) is 77.1 Å². The molecule has 0 atom stereocenters. The van der Waals surface area contributed by atoms with E-state index in [0.717, 1.165) is 17.8 Å². The quantitative estimate of drug-likeness (QED) is 0.410. The van der Waals surface area contributed by atoms with Crippen molar-refractivity contribution >= 4 is 22.2 Å². The van der Waals surface area contributed by atoms with Crippen LogP contribution in [-0.2, 0) is 6.42 Å². The molecule has 0 aliphatic carbocycles. The molecule has 1 aliphatic rings. The summed E-state index contributed by atoms with van der Waals surface area (Å²) in [5.41, 5.74) is 10.1. The number of aliphatic imine (C=N–C) groups is 1. The van der Waals surface area contributed by atoms with Gasteiger partial charge in [0.15, 0.2) is 0 Å². The molecule has 0 saturated carbocycles. The van der Waals surface area contributed by atoms with Crippen molar-refractivity contribution in [3.05, 3.63) is 75.8 Å². The molecule has 0 unspecified atom stereocenters. The van der Waals surface area contributed by atoms with Crippen LogP contribution in [0.4, 0.5) is 5.69 Å². The number of hydrogen-bond acceptors (Lipinski definition) is 1. The Hall–Kier alpha value is -2.41. The first-order valence-electron chi connectivity index (χ1n) is 9.17. The zero-order valence-corrected chi connectivity index (χ0v) is 15.8. The third-order valence-corrected chi connectivity index (χ3v) is 5.05. The van der Waals surface area contributed by atoms with Crippen LogP contribution in [0.1, 0.15) is 47.2 Å². The van der Waals surface area contributed by atoms with Crippen molar-refractivity contribution in [1.82, 2.24) is 0 Å². The molecule has 0 amide bonds. The van der Waals surface area contributed by atoms with Gasteiger partial charge in [-0.15, -0.1) is 0 Å². The van der Waals surface area contributed by atoms with E-state index in [4.69, 9.17) is 4.99 Å². The van der Waals surface area contributed by atoms with Crippen LogP contribution in [0.25, 0.3) is 10.8 Å². The van der Waals surface area contributed by atoms with Gasteiger partial charge >= 0.3 is 0 Å². The Morgan fingerprint density at radius 2 is 1.60 bits per heavy atom. The second kappa shape index (κ2) is 5.84. The fraction of sp³-hybridized carbons (Fsp3) is 0.292. The maximum absolute atomic E-state index is 5.09. The minimum atomic E-state index is 0.652. The van der Waals surface area contributed by atoms with Gasteiger partial charge in [-0.2, -0.15) is 0 Å². The third kappa shape index (κ3) is 2.68. The van der Waals surface area contributed by atoms with Crippen LogP contribution in [0.5, 0.6) is 0 Å². The SMILES string of the molecule is Cc1cc(C)cc(C2=Nc3c(C)ccc4c(CC(C)C)ccc2c34)c1. The summed E-state index contributed by atoms with van der Waals surface area (Å²) in [7, 11) is 0. The highest BCUT2D eigenvalue weighted by atomic mass is 14.8. The number of benzene rings is 3.